The van der Waals surface area contributed by atoms with E-state index >= 15 is 0 Å². The van der Waals surface area contributed by atoms with Crippen molar-refractivity contribution in [2.75, 3.05) is 39.8 Å². The Kier molecular flexibility index (Phi) is 6.37. The van der Waals surface area contributed by atoms with Gasteiger partial charge in [0, 0.05) is 30.7 Å². The summed E-state index contributed by atoms with van der Waals surface area (Å²) in [6.07, 6.45) is 4.51. The van der Waals surface area contributed by atoms with Crippen LogP contribution >= 0.6 is 15.9 Å². The average Bonchev–Trinajstić information content (AvgIpc) is 3.17. The molecule has 2 heterocycles. The van der Waals surface area contributed by atoms with Crippen LogP contribution in [0, 0.1) is 0 Å². The molecule has 0 atom stereocenters. The number of nitrogens with zero attached hydrogens (tertiary/aromatic N) is 3. The molecule has 144 valence electrons. The molecule has 0 spiro atoms. The second-order valence-corrected chi connectivity index (χ2v) is 10.0. The third kappa shape index (κ3) is 4.47. The molecule has 2 saturated heterocycles. The predicted octanol–water partition coefficient (Wildman–Crippen LogP) is 2.16. The van der Waals surface area contributed by atoms with Gasteiger partial charge in [-0.25, -0.2) is 8.42 Å². The van der Waals surface area contributed by atoms with Gasteiger partial charge in [0.25, 0.3) is 0 Å². The van der Waals surface area contributed by atoms with Crippen molar-refractivity contribution >= 4 is 31.9 Å². The van der Waals surface area contributed by atoms with E-state index in [1.54, 1.807) is 29.2 Å². The third-order valence-electron chi connectivity index (χ3n) is 5.35. The average molecular weight is 444 g/mol. The first kappa shape index (κ1) is 19.8. The smallest absolute Gasteiger partial charge is 0.243 e. The summed E-state index contributed by atoms with van der Waals surface area (Å²) in [6, 6.07) is 7.03. The fourth-order valence-corrected chi connectivity index (χ4v) is 5.13. The van der Waals surface area contributed by atoms with E-state index in [-0.39, 0.29) is 17.3 Å². The van der Waals surface area contributed by atoms with Gasteiger partial charge in [-0.05, 0) is 63.0 Å². The van der Waals surface area contributed by atoms with Gasteiger partial charge in [-0.15, -0.1) is 0 Å². The second kappa shape index (κ2) is 8.37. The number of likely N-dealkylation sites (tertiary alicyclic amines) is 2. The molecular formula is C18H26BrN3O3S. The Bertz CT molecular complexity index is 725. The van der Waals surface area contributed by atoms with Gasteiger partial charge in [0.15, 0.2) is 0 Å². The number of halogens is 1. The fourth-order valence-electron chi connectivity index (χ4n) is 3.75. The molecule has 6 nitrogen and oxygen atoms in total. The first-order valence-corrected chi connectivity index (χ1v) is 11.3. The minimum atomic E-state index is -3.66. The summed E-state index contributed by atoms with van der Waals surface area (Å²) in [5, 5.41) is 0. The van der Waals surface area contributed by atoms with Crippen molar-refractivity contribution in [2.45, 2.75) is 36.6 Å². The maximum absolute atomic E-state index is 12.6. The van der Waals surface area contributed by atoms with Crippen molar-refractivity contribution in [1.82, 2.24) is 14.1 Å². The first-order chi connectivity index (χ1) is 12.4. The Morgan fingerprint density at radius 1 is 1.12 bits per heavy atom. The van der Waals surface area contributed by atoms with Crippen LogP contribution in [-0.4, -0.2) is 74.2 Å². The van der Waals surface area contributed by atoms with Crippen LogP contribution in [0.25, 0.3) is 0 Å². The molecule has 1 amide bonds. The van der Waals surface area contributed by atoms with E-state index in [0.29, 0.717) is 19.1 Å². The normalized spacial score (nSPS) is 20.0. The highest BCUT2D eigenvalue weighted by Crippen LogP contribution is 2.22. The summed E-state index contributed by atoms with van der Waals surface area (Å²) in [4.78, 5) is 17.1. The van der Waals surface area contributed by atoms with Gasteiger partial charge in [0.1, 0.15) is 0 Å². The minimum absolute atomic E-state index is 0.118. The van der Waals surface area contributed by atoms with E-state index < -0.39 is 10.0 Å². The fraction of sp³-hybridized carbons (Fsp3) is 0.611. The summed E-state index contributed by atoms with van der Waals surface area (Å²) < 4.78 is 27.2. The van der Waals surface area contributed by atoms with E-state index in [1.165, 1.54) is 33.0 Å². The molecule has 2 aliphatic rings. The Balaban J connectivity index is 1.55. The lowest BCUT2D eigenvalue weighted by molar-refractivity contribution is -0.132. The van der Waals surface area contributed by atoms with E-state index in [1.807, 2.05) is 0 Å². The molecule has 0 bridgehead atoms. The second-order valence-electron chi connectivity index (χ2n) is 7.07. The van der Waals surface area contributed by atoms with Gasteiger partial charge in [-0.2, -0.15) is 4.31 Å². The number of carbonyl (C=O) groups excluding carboxylic acids is 1. The molecule has 0 aliphatic carbocycles. The largest absolute Gasteiger partial charge is 0.341 e. The molecule has 2 fully saturated rings. The van der Waals surface area contributed by atoms with Crippen LogP contribution in [0.1, 0.15) is 25.7 Å². The minimum Gasteiger partial charge on any atom is -0.341 e. The summed E-state index contributed by atoms with van der Waals surface area (Å²) in [6.45, 7) is 3.66. The van der Waals surface area contributed by atoms with E-state index in [0.717, 1.165) is 21.6 Å². The number of rotatable bonds is 5. The highest BCUT2D eigenvalue weighted by atomic mass is 79.9. The van der Waals surface area contributed by atoms with Gasteiger partial charge in [0.05, 0.1) is 11.4 Å². The monoisotopic (exact) mass is 443 g/mol. The van der Waals surface area contributed by atoms with Crippen molar-refractivity contribution in [1.29, 1.82) is 0 Å². The first-order valence-electron chi connectivity index (χ1n) is 9.11. The van der Waals surface area contributed by atoms with Gasteiger partial charge < -0.3 is 9.80 Å². The number of carbonyl (C=O) groups is 1. The molecule has 1 aromatic carbocycles. The lowest BCUT2D eigenvalue weighted by Crippen LogP contribution is -2.48. The van der Waals surface area contributed by atoms with Crippen LogP contribution < -0.4 is 0 Å². The topological polar surface area (TPSA) is 60.9 Å². The SMILES string of the molecule is CN(CC(=O)N1CCC(N2CCCC2)CC1)S(=O)(=O)c1ccc(Br)cc1. The number of hydrogen-bond acceptors (Lipinski definition) is 4. The number of likely N-dealkylation sites (N-methyl/N-ethyl adjacent to an activating group) is 1. The van der Waals surface area contributed by atoms with Gasteiger partial charge in [-0.1, -0.05) is 15.9 Å². The van der Waals surface area contributed by atoms with Crippen molar-refractivity contribution in [3.63, 3.8) is 0 Å². The Morgan fingerprint density at radius 2 is 1.69 bits per heavy atom. The van der Waals surface area contributed by atoms with Crippen LogP contribution in [0.4, 0.5) is 0 Å². The molecule has 3 rings (SSSR count). The van der Waals surface area contributed by atoms with E-state index in [2.05, 4.69) is 20.8 Å². The zero-order valence-corrected chi connectivity index (χ0v) is 17.5. The third-order valence-corrected chi connectivity index (χ3v) is 7.70. The zero-order valence-electron chi connectivity index (χ0n) is 15.1. The summed E-state index contributed by atoms with van der Waals surface area (Å²) in [5.41, 5.74) is 0. The van der Waals surface area contributed by atoms with Crippen molar-refractivity contribution < 1.29 is 13.2 Å². The van der Waals surface area contributed by atoms with Crippen molar-refractivity contribution in [3.8, 4) is 0 Å². The van der Waals surface area contributed by atoms with Crippen LogP contribution in [0.2, 0.25) is 0 Å². The number of piperidine rings is 1. The highest BCUT2D eigenvalue weighted by Gasteiger charge is 2.30. The standard InChI is InChI=1S/C18H26BrN3O3S/c1-20(26(24,25)17-6-4-15(19)5-7-17)14-18(23)22-12-8-16(9-13-22)21-10-2-3-11-21/h4-7,16H,2-3,8-14H2,1H3. The van der Waals surface area contributed by atoms with Crippen molar-refractivity contribution in [2.24, 2.45) is 0 Å². The molecule has 1 aromatic rings. The molecule has 0 N–H and O–H groups in total. The van der Waals surface area contributed by atoms with Crippen LogP contribution in [0.3, 0.4) is 0 Å². The maximum Gasteiger partial charge on any atom is 0.243 e. The van der Waals surface area contributed by atoms with Gasteiger partial charge >= 0.3 is 0 Å². The lowest BCUT2D eigenvalue weighted by atomic mass is 10.0. The molecule has 0 radical (unpaired) electrons. The van der Waals surface area contributed by atoms with Crippen LogP contribution in [0.5, 0.6) is 0 Å². The predicted molar refractivity (Wildman–Crippen MR) is 104 cm³/mol. The molecule has 2 aliphatic heterocycles. The quantitative estimate of drug-likeness (QED) is 0.699. The number of hydrogen-bond donors (Lipinski definition) is 0. The van der Waals surface area contributed by atoms with E-state index in [9.17, 15) is 13.2 Å². The van der Waals surface area contributed by atoms with E-state index in [4.69, 9.17) is 0 Å². The Labute approximate surface area is 164 Å². The van der Waals surface area contributed by atoms with Gasteiger partial charge in [0.2, 0.25) is 15.9 Å². The summed E-state index contributed by atoms with van der Waals surface area (Å²) in [7, 11) is -2.19. The number of benzene rings is 1. The molecule has 0 unspecified atom stereocenters. The highest BCUT2D eigenvalue weighted by molar-refractivity contribution is 9.10. The molecule has 0 saturated carbocycles. The molecule has 8 heteroatoms. The zero-order chi connectivity index (χ0) is 18.7. The Hall–Kier alpha value is -0.960. The Morgan fingerprint density at radius 3 is 2.27 bits per heavy atom. The summed E-state index contributed by atoms with van der Waals surface area (Å²) >= 11 is 3.30. The number of sulfonamides is 1. The van der Waals surface area contributed by atoms with Gasteiger partial charge in [-0.3, -0.25) is 4.79 Å². The molecule has 26 heavy (non-hydrogen) atoms. The van der Waals surface area contributed by atoms with Crippen LogP contribution in [0.15, 0.2) is 33.6 Å². The molecular weight excluding hydrogens is 418 g/mol. The maximum atomic E-state index is 12.6. The number of amides is 1. The summed E-state index contributed by atoms with van der Waals surface area (Å²) in [5.74, 6) is -0.118. The van der Waals surface area contributed by atoms with Crippen molar-refractivity contribution in [3.05, 3.63) is 28.7 Å². The lowest BCUT2D eigenvalue weighted by Gasteiger charge is -2.37. The van der Waals surface area contributed by atoms with Crippen LogP contribution in [-0.2, 0) is 14.8 Å². The molecule has 0 aromatic heterocycles.